The van der Waals surface area contributed by atoms with Crippen molar-refractivity contribution in [2.24, 2.45) is 0 Å². The second kappa shape index (κ2) is 10.5. The van der Waals surface area contributed by atoms with Crippen LogP contribution in [0, 0.1) is 6.92 Å². The van der Waals surface area contributed by atoms with Crippen LogP contribution in [0.2, 0.25) is 0 Å². The summed E-state index contributed by atoms with van der Waals surface area (Å²) in [6.07, 6.45) is 0. The van der Waals surface area contributed by atoms with Crippen molar-refractivity contribution in [3.63, 3.8) is 0 Å². The van der Waals surface area contributed by atoms with Crippen LogP contribution in [0.5, 0.6) is 0 Å². The van der Waals surface area contributed by atoms with Crippen LogP contribution in [-0.4, -0.2) is 47.7 Å². The minimum atomic E-state index is -3.82. The Balaban J connectivity index is 1.46. The zero-order valence-corrected chi connectivity index (χ0v) is 21.1. The Hall–Kier alpha value is -3.36. The summed E-state index contributed by atoms with van der Waals surface area (Å²) in [6.45, 7) is 7.04. The third-order valence-corrected chi connectivity index (χ3v) is 8.05. The average molecular weight is 494 g/mol. The molecule has 35 heavy (non-hydrogen) atoms. The molecule has 0 aliphatic carbocycles. The fourth-order valence-electron chi connectivity index (χ4n) is 4.01. The van der Waals surface area contributed by atoms with E-state index in [2.05, 4.69) is 22.3 Å². The number of hydrogen-bond donors (Lipinski definition) is 1. The molecule has 1 atom stereocenters. The van der Waals surface area contributed by atoms with Crippen LogP contribution < -0.4 is 14.5 Å². The molecule has 1 aliphatic heterocycles. The van der Waals surface area contributed by atoms with Crippen molar-refractivity contribution in [2.75, 3.05) is 42.6 Å². The maximum absolute atomic E-state index is 13.2. The van der Waals surface area contributed by atoms with Crippen molar-refractivity contribution < 1.29 is 17.9 Å². The number of nitrogens with zero attached hydrogens (tertiary/aromatic N) is 2. The molecule has 1 saturated heterocycles. The smallest absolute Gasteiger partial charge is 0.264 e. The zero-order chi connectivity index (χ0) is 25.0. The number of carbonyl (C=O) groups is 1. The second-order valence-corrected chi connectivity index (χ2v) is 10.7. The molecule has 1 N–H and O–H groups in total. The predicted octanol–water partition coefficient (Wildman–Crippen LogP) is 4.15. The number of rotatable bonds is 7. The van der Waals surface area contributed by atoms with Gasteiger partial charge in [-0.1, -0.05) is 35.9 Å². The molecule has 1 heterocycles. The first-order valence-electron chi connectivity index (χ1n) is 11.6. The van der Waals surface area contributed by atoms with Crippen LogP contribution in [0.15, 0.2) is 77.7 Å². The van der Waals surface area contributed by atoms with Gasteiger partial charge >= 0.3 is 0 Å². The summed E-state index contributed by atoms with van der Waals surface area (Å²) in [4.78, 5) is 15.3. The predicted molar refractivity (Wildman–Crippen MR) is 139 cm³/mol. The molecule has 4 rings (SSSR count). The molecule has 3 aromatic rings. The van der Waals surface area contributed by atoms with E-state index in [9.17, 15) is 13.2 Å². The molecule has 0 bridgehead atoms. The Morgan fingerprint density at radius 3 is 2.31 bits per heavy atom. The van der Waals surface area contributed by atoms with Gasteiger partial charge in [-0.2, -0.15) is 0 Å². The molecule has 0 saturated carbocycles. The minimum absolute atomic E-state index is 0.0655. The summed E-state index contributed by atoms with van der Waals surface area (Å²) in [5.41, 5.74) is 3.99. The Bertz CT molecular complexity index is 1270. The number of aryl methyl sites for hydroxylation is 1. The molecule has 1 unspecified atom stereocenters. The number of hydrogen-bond acceptors (Lipinski definition) is 5. The SMILES string of the molecule is Cc1ccc(N(C)S(=O)(=O)c2cccc(C(=O)NC(C)c3ccc(N4CCOCC4)cc3)c2)cc1. The molecule has 184 valence electrons. The van der Waals surface area contributed by atoms with Crippen molar-refractivity contribution in [3.05, 3.63) is 89.5 Å². The highest BCUT2D eigenvalue weighted by atomic mass is 32.2. The van der Waals surface area contributed by atoms with Crippen molar-refractivity contribution in [1.82, 2.24) is 5.32 Å². The summed E-state index contributed by atoms with van der Waals surface area (Å²) < 4.78 is 33.0. The lowest BCUT2D eigenvalue weighted by molar-refractivity contribution is 0.0939. The van der Waals surface area contributed by atoms with Gasteiger partial charge in [0.05, 0.1) is 29.8 Å². The molecular formula is C27H31N3O4S. The van der Waals surface area contributed by atoms with E-state index in [0.29, 0.717) is 11.3 Å². The Morgan fingerprint density at radius 2 is 1.66 bits per heavy atom. The van der Waals surface area contributed by atoms with E-state index in [0.717, 1.165) is 43.1 Å². The van der Waals surface area contributed by atoms with Gasteiger partial charge in [0.15, 0.2) is 0 Å². The lowest BCUT2D eigenvalue weighted by atomic mass is 10.1. The van der Waals surface area contributed by atoms with E-state index >= 15 is 0 Å². The summed E-state index contributed by atoms with van der Waals surface area (Å²) in [6, 6.07) is 21.3. The lowest BCUT2D eigenvalue weighted by Gasteiger charge is -2.29. The molecule has 3 aromatic carbocycles. The Kier molecular flexibility index (Phi) is 7.42. The molecule has 1 fully saturated rings. The number of morpholine rings is 1. The molecule has 0 radical (unpaired) electrons. The average Bonchev–Trinajstić information content (AvgIpc) is 2.89. The fourth-order valence-corrected chi connectivity index (χ4v) is 5.25. The molecule has 0 spiro atoms. The van der Waals surface area contributed by atoms with Crippen LogP contribution >= 0.6 is 0 Å². The topological polar surface area (TPSA) is 79.0 Å². The molecule has 8 heteroatoms. The normalized spacial score (nSPS) is 14.9. The lowest BCUT2D eigenvalue weighted by Crippen LogP contribution is -2.36. The number of anilines is 2. The van der Waals surface area contributed by atoms with Gasteiger partial charge in [-0.15, -0.1) is 0 Å². The Morgan fingerprint density at radius 1 is 1.00 bits per heavy atom. The highest BCUT2D eigenvalue weighted by molar-refractivity contribution is 7.92. The van der Waals surface area contributed by atoms with E-state index in [1.165, 1.54) is 23.5 Å². The van der Waals surface area contributed by atoms with Gasteiger partial charge in [-0.05, 0) is 61.9 Å². The Labute approximate surface area is 207 Å². The van der Waals surface area contributed by atoms with E-state index in [1.807, 2.05) is 38.1 Å². The van der Waals surface area contributed by atoms with Gasteiger partial charge in [0.25, 0.3) is 15.9 Å². The highest BCUT2D eigenvalue weighted by Crippen LogP contribution is 2.24. The van der Waals surface area contributed by atoms with Gasteiger partial charge in [0.1, 0.15) is 0 Å². The number of sulfonamides is 1. The van der Waals surface area contributed by atoms with Gasteiger partial charge in [0.2, 0.25) is 0 Å². The third-order valence-electron chi connectivity index (χ3n) is 6.27. The number of nitrogens with one attached hydrogen (secondary N) is 1. The fraction of sp³-hybridized carbons (Fsp3) is 0.296. The van der Waals surface area contributed by atoms with Gasteiger partial charge in [-0.25, -0.2) is 8.42 Å². The standard InChI is InChI=1S/C27H31N3O4S/c1-20-7-11-24(12-8-20)29(3)35(32,33)26-6-4-5-23(19-26)27(31)28-21(2)22-9-13-25(14-10-22)30-15-17-34-18-16-30/h4-14,19,21H,15-18H2,1-3H3,(H,28,31). The van der Waals surface area contributed by atoms with E-state index in [-0.39, 0.29) is 16.8 Å². The molecule has 1 amide bonds. The molecule has 0 aromatic heterocycles. The van der Waals surface area contributed by atoms with Crippen LogP contribution in [0.3, 0.4) is 0 Å². The highest BCUT2D eigenvalue weighted by Gasteiger charge is 2.23. The van der Waals surface area contributed by atoms with Crippen LogP contribution in [-0.2, 0) is 14.8 Å². The van der Waals surface area contributed by atoms with E-state index in [1.54, 1.807) is 24.3 Å². The van der Waals surface area contributed by atoms with Gasteiger partial charge < -0.3 is 15.0 Å². The van der Waals surface area contributed by atoms with Crippen LogP contribution in [0.25, 0.3) is 0 Å². The summed E-state index contributed by atoms with van der Waals surface area (Å²) in [5.74, 6) is -0.329. The summed E-state index contributed by atoms with van der Waals surface area (Å²) >= 11 is 0. The molecule has 7 nitrogen and oxygen atoms in total. The van der Waals surface area contributed by atoms with Crippen molar-refractivity contribution in [2.45, 2.75) is 24.8 Å². The second-order valence-electron chi connectivity index (χ2n) is 8.72. The number of carbonyl (C=O) groups excluding carboxylic acids is 1. The summed E-state index contributed by atoms with van der Waals surface area (Å²) in [7, 11) is -2.31. The maximum Gasteiger partial charge on any atom is 0.264 e. The van der Waals surface area contributed by atoms with Crippen molar-refractivity contribution >= 4 is 27.3 Å². The first-order valence-corrected chi connectivity index (χ1v) is 13.1. The van der Waals surface area contributed by atoms with Crippen LogP contribution in [0.4, 0.5) is 11.4 Å². The minimum Gasteiger partial charge on any atom is -0.378 e. The first kappa shape index (κ1) is 24.8. The quantitative estimate of drug-likeness (QED) is 0.535. The maximum atomic E-state index is 13.2. The van der Waals surface area contributed by atoms with Gasteiger partial charge in [0, 0.05) is 31.4 Å². The third kappa shape index (κ3) is 5.66. The van der Waals surface area contributed by atoms with E-state index in [4.69, 9.17) is 4.74 Å². The summed E-state index contributed by atoms with van der Waals surface area (Å²) in [5, 5.41) is 2.98. The molecular weight excluding hydrogens is 462 g/mol. The van der Waals surface area contributed by atoms with Gasteiger partial charge in [-0.3, -0.25) is 9.10 Å². The number of ether oxygens (including phenoxy) is 1. The number of amides is 1. The zero-order valence-electron chi connectivity index (χ0n) is 20.3. The first-order chi connectivity index (χ1) is 16.8. The van der Waals surface area contributed by atoms with E-state index < -0.39 is 10.0 Å². The number of benzene rings is 3. The van der Waals surface area contributed by atoms with Crippen molar-refractivity contribution in [1.29, 1.82) is 0 Å². The van der Waals surface area contributed by atoms with Crippen LogP contribution in [0.1, 0.15) is 34.5 Å². The van der Waals surface area contributed by atoms with Crippen molar-refractivity contribution in [3.8, 4) is 0 Å². The largest absolute Gasteiger partial charge is 0.378 e. The monoisotopic (exact) mass is 493 g/mol. The molecule has 1 aliphatic rings.